The summed E-state index contributed by atoms with van der Waals surface area (Å²) in [7, 11) is 1.47. The fraction of sp³-hybridized carbons (Fsp3) is 0.263. The summed E-state index contributed by atoms with van der Waals surface area (Å²) in [6, 6.07) is 5.43. The molecule has 1 unspecified atom stereocenters. The van der Waals surface area contributed by atoms with E-state index in [1.807, 2.05) is 5.32 Å². The lowest BCUT2D eigenvalue weighted by Gasteiger charge is -2.31. The highest BCUT2D eigenvalue weighted by Crippen LogP contribution is 2.44. The Hall–Kier alpha value is -3.81. The Morgan fingerprint density at radius 2 is 1.97 bits per heavy atom. The van der Waals surface area contributed by atoms with E-state index < -0.39 is 58.0 Å². The molecule has 14 heteroatoms. The minimum Gasteiger partial charge on any atom is -0.383 e. The van der Waals surface area contributed by atoms with Crippen molar-refractivity contribution in [1.82, 2.24) is 19.9 Å². The van der Waals surface area contributed by atoms with Crippen molar-refractivity contribution in [3.8, 4) is 0 Å². The number of fused-ring (bicyclic) bond motifs is 3. The first-order chi connectivity index (χ1) is 15.6. The maximum absolute atomic E-state index is 14.4. The molecule has 0 bridgehead atoms. The molecule has 0 spiro atoms. The zero-order valence-corrected chi connectivity index (χ0v) is 16.8. The first-order valence-corrected chi connectivity index (χ1v) is 9.37. The van der Waals surface area contributed by atoms with Gasteiger partial charge < -0.3 is 15.4 Å². The van der Waals surface area contributed by atoms with Crippen molar-refractivity contribution in [1.29, 1.82) is 0 Å². The molecule has 1 aliphatic rings. The highest BCUT2D eigenvalue weighted by Gasteiger charge is 2.68. The number of hydrogen-bond donors (Lipinski definition) is 3. The van der Waals surface area contributed by atoms with Crippen molar-refractivity contribution < 1.29 is 36.3 Å². The van der Waals surface area contributed by atoms with E-state index in [2.05, 4.69) is 15.3 Å². The van der Waals surface area contributed by atoms with Crippen LogP contribution in [0.1, 0.15) is 10.5 Å². The normalized spacial score (nSPS) is 17.7. The molecular formula is C19H15F5N6O3. The van der Waals surface area contributed by atoms with Crippen LogP contribution in [-0.4, -0.2) is 52.8 Å². The number of methoxy groups -OCH3 is 1. The Bertz CT molecular complexity index is 1260. The van der Waals surface area contributed by atoms with Crippen LogP contribution in [0.3, 0.4) is 0 Å². The van der Waals surface area contributed by atoms with Gasteiger partial charge in [-0.15, -0.1) is 0 Å². The molecule has 174 valence electrons. The molecule has 2 amide bonds. The fourth-order valence-corrected chi connectivity index (χ4v) is 3.41. The van der Waals surface area contributed by atoms with Gasteiger partial charge in [-0.05, 0) is 24.3 Å². The third kappa shape index (κ3) is 3.51. The molecule has 0 aliphatic carbocycles. The first-order valence-electron chi connectivity index (χ1n) is 9.37. The minimum absolute atomic E-state index is 0.183. The third-order valence-corrected chi connectivity index (χ3v) is 4.91. The van der Waals surface area contributed by atoms with Gasteiger partial charge in [-0.2, -0.15) is 13.2 Å². The van der Waals surface area contributed by atoms with E-state index in [1.54, 1.807) is 5.32 Å². The van der Waals surface area contributed by atoms with E-state index in [9.17, 15) is 31.5 Å². The van der Waals surface area contributed by atoms with Crippen LogP contribution in [0.5, 0.6) is 0 Å². The third-order valence-electron chi connectivity index (χ3n) is 4.91. The van der Waals surface area contributed by atoms with E-state index in [0.29, 0.717) is 19.2 Å². The summed E-state index contributed by atoms with van der Waals surface area (Å²) in [5.74, 6) is -6.37. The van der Waals surface area contributed by atoms with Gasteiger partial charge in [0.25, 0.3) is 17.5 Å². The number of nitrogens with zero attached hydrogens (tertiary/aromatic N) is 3. The number of anilines is 2. The highest BCUT2D eigenvalue weighted by atomic mass is 19.4. The number of aromatic nitrogens is 3. The molecule has 0 saturated heterocycles. The van der Waals surface area contributed by atoms with Crippen LogP contribution in [0.2, 0.25) is 0 Å². The van der Waals surface area contributed by atoms with Crippen molar-refractivity contribution in [2.24, 2.45) is 0 Å². The van der Waals surface area contributed by atoms with Gasteiger partial charge >= 0.3 is 6.18 Å². The molecule has 33 heavy (non-hydrogen) atoms. The molecule has 0 fully saturated rings. The van der Waals surface area contributed by atoms with Gasteiger partial charge in [0.15, 0.2) is 11.6 Å². The quantitative estimate of drug-likeness (QED) is 0.377. The standard InChI is InChI=1S/C19H15F5N6O3/c1-33-8-7-25-12-4-2-3-10(26-12)15(31)29-18(19(22,23)24)16(32)28-17-27-14-11(30(17)18)6-5-9(20)13(14)21/h2-6H,7-8H2,1H3,(H,25,26)(H,29,31)(H,27,28,32). The van der Waals surface area contributed by atoms with Gasteiger partial charge in [-0.1, -0.05) is 6.07 Å². The Labute approximate surface area is 181 Å². The second kappa shape index (κ2) is 7.95. The van der Waals surface area contributed by atoms with Crippen molar-refractivity contribution in [2.45, 2.75) is 11.8 Å². The number of pyridine rings is 1. The maximum Gasteiger partial charge on any atom is 0.440 e. The molecule has 3 heterocycles. The van der Waals surface area contributed by atoms with E-state index in [0.717, 1.165) is 12.1 Å². The van der Waals surface area contributed by atoms with Crippen LogP contribution in [-0.2, 0) is 15.2 Å². The molecule has 3 aromatic rings. The van der Waals surface area contributed by atoms with E-state index >= 15 is 0 Å². The summed E-state index contributed by atoms with van der Waals surface area (Å²) in [6.07, 6.45) is -5.40. The topological polar surface area (TPSA) is 110 Å². The van der Waals surface area contributed by atoms with Crippen molar-refractivity contribution in [2.75, 3.05) is 30.9 Å². The predicted octanol–water partition coefficient (Wildman–Crippen LogP) is 2.37. The lowest BCUT2D eigenvalue weighted by molar-refractivity contribution is -0.213. The van der Waals surface area contributed by atoms with Crippen LogP contribution < -0.4 is 16.0 Å². The highest BCUT2D eigenvalue weighted by molar-refractivity contribution is 6.06. The summed E-state index contributed by atoms with van der Waals surface area (Å²) >= 11 is 0. The van der Waals surface area contributed by atoms with E-state index in [-0.39, 0.29) is 10.4 Å². The van der Waals surface area contributed by atoms with Gasteiger partial charge in [0, 0.05) is 13.7 Å². The number of halogens is 5. The Morgan fingerprint density at radius 1 is 1.21 bits per heavy atom. The molecule has 0 radical (unpaired) electrons. The van der Waals surface area contributed by atoms with Gasteiger partial charge in [0.05, 0.1) is 12.1 Å². The predicted molar refractivity (Wildman–Crippen MR) is 104 cm³/mol. The summed E-state index contributed by atoms with van der Waals surface area (Å²) in [5, 5.41) is 6.37. The summed E-state index contributed by atoms with van der Waals surface area (Å²) in [4.78, 5) is 32.9. The average molecular weight is 470 g/mol. The molecule has 0 saturated carbocycles. The fourth-order valence-electron chi connectivity index (χ4n) is 3.41. The summed E-state index contributed by atoms with van der Waals surface area (Å²) in [6.45, 7) is 0.624. The molecule has 9 nitrogen and oxygen atoms in total. The van der Waals surface area contributed by atoms with Crippen LogP contribution in [0, 0.1) is 11.6 Å². The van der Waals surface area contributed by atoms with Crippen LogP contribution in [0.15, 0.2) is 30.3 Å². The summed E-state index contributed by atoms with van der Waals surface area (Å²) < 4.78 is 75.9. The van der Waals surface area contributed by atoms with Crippen molar-refractivity contribution >= 4 is 34.6 Å². The summed E-state index contributed by atoms with van der Waals surface area (Å²) in [5.41, 5.74) is -5.40. The number of hydrogen-bond acceptors (Lipinski definition) is 6. The number of carbonyl (C=O) groups excluding carboxylic acids is 2. The molecule has 3 N–H and O–H groups in total. The molecule has 2 aromatic heterocycles. The zero-order chi connectivity index (χ0) is 24.0. The van der Waals surface area contributed by atoms with Crippen molar-refractivity contribution in [3.63, 3.8) is 0 Å². The Kier molecular flexibility index (Phi) is 5.40. The Morgan fingerprint density at radius 3 is 2.67 bits per heavy atom. The molecule has 1 aliphatic heterocycles. The zero-order valence-electron chi connectivity index (χ0n) is 16.8. The van der Waals surface area contributed by atoms with Crippen LogP contribution in [0.25, 0.3) is 11.0 Å². The van der Waals surface area contributed by atoms with Gasteiger partial charge in [-0.25, -0.2) is 18.7 Å². The number of carbonyl (C=O) groups is 2. The second-order valence-corrected chi connectivity index (χ2v) is 6.94. The maximum atomic E-state index is 14.4. The molecule has 1 atom stereocenters. The van der Waals surface area contributed by atoms with Gasteiger partial charge in [-0.3, -0.25) is 19.5 Å². The number of ether oxygens (including phenoxy) is 1. The van der Waals surface area contributed by atoms with E-state index in [4.69, 9.17) is 4.74 Å². The van der Waals surface area contributed by atoms with Crippen LogP contribution in [0.4, 0.5) is 33.7 Å². The number of benzene rings is 1. The average Bonchev–Trinajstić information content (AvgIpc) is 3.25. The van der Waals surface area contributed by atoms with Gasteiger partial charge in [0.2, 0.25) is 5.95 Å². The Balaban J connectivity index is 1.78. The van der Waals surface area contributed by atoms with Crippen molar-refractivity contribution in [3.05, 3.63) is 47.7 Å². The van der Waals surface area contributed by atoms with Gasteiger partial charge in [0.1, 0.15) is 17.0 Å². The van der Waals surface area contributed by atoms with Crippen LogP contribution >= 0.6 is 0 Å². The molecular weight excluding hydrogens is 455 g/mol. The first kappa shape index (κ1) is 22.4. The monoisotopic (exact) mass is 470 g/mol. The molecule has 4 rings (SSSR count). The SMILES string of the molecule is COCCNc1cccc(C(=O)NC2(C(F)(F)F)C(=O)Nc3nc4c(F)c(F)ccc4n32)n1. The lowest BCUT2D eigenvalue weighted by Crippen LogP contribution is -2.63. The second-order valence-electron chi connectivity index (χ2n) is 6.94. The largest absolute Gasteiger partial charge is 0.440 e. The number of nitrogens with one attached hydrogen (secondary N) is 3. The smallest absolute Gasteiger partial charge is 0.383 e. The van der Waals surface area contributed by atoms with E-state index in [1.165, 1.54) is 19.2 Å². The lowest BCUT2D eigenvalue weighted by atomic mass is 10.1. The number of imidazole rings is 1. The number of amides is 2. The minimum atomic E-state index is -5.40. The molecule has 1 aromatic carbocycles. The number of rotatable bonds is 6. The number of alkyl halides is 3.